The highest BCUT2D eigenvalue weighted by atomic mass is 35.5. The summed E-state index contributed by atoms with van der Waals surface area (Å²) in [5.74, 6) is -0.361. The zero-order valence-electron chi connectivity index (χ0n) is 16.5. The van der Waals surface area contributed by atoms with Crippen LogP contribution in [0.5, 0.6) is 0 Å². The Labute approximate surface area is 181 Å². The Balaban J connectivity index is 2.00. The molecule has 31 heavy (non-hydrogen) atoms. The number of anilines is 3. The van der Waals surface area contributed by atoms with E-state index in [2.05, 4.69) is 20.5 Å². The molecule has 1 aromatic heterocycles. The van der Waals surface area contributed by atoms with Crippen LogP contribution >= 0.6 is 11.6 Å². The van der Waals surface area contributed by atoms with Crippen molar-refractivity contribution in [2.24, 2.45) is 0 Å². The third-order valence-corrected chi connectivity index (χ3v) is 5.88. The van der Waals surface area contributed by atoms with Gasteiger partial charge in [0.2, 0.25) is 11.9 Å². The highest BCUT2D eigenvalue weighted by molar-refractivity contribution is 7.90. The van der Waals surface area contributed by atoms with Gasteiger partial charge in [0, 0.05) is 17.5 Å². The number of halogens is 4. The fourth-order valence-electron chi connectivity index (χ4n) is 3.18. The number of H-pyrrole nitrogens is 1. The maximum absolute atomic E-state index is 13.8. The first-order valence-electron chi connectivity index (χ1n) is 8.97. The van der Waals surface area contributed by atoms with Gasteiger partial charge in [-0.05, 0) is 29.2 Å². The number of hydrogen-bond acceptors (Lipinski definition) is 6. The largest absolute Gasteiger partial charge is 0.417 e. The fraction of sp³-hybridized carbons (Fsp3) is 0.263. The summed E-state index contributed by atoms with van der Waals surface area (Å²) in [7, 11) is -3.19. The summed E-state index contributed by atoms with van der Waals surface area (Å²) >= 11 is 6.24. The highest BCUT2D eigenvalue weighted by Gasteiger charge is 2.35. The SMILES string of the molecule is C[C@H](CS(C)(=O)=O)c1ccc(-c2c(Cl)cc(Nc3n[nH]c(N)n3)cc2C(F)(F)F)cc1. The van der Waals surface area contributed by atoms with E-state index in [0.717, 1.165) is 12.3 Å². The minimum absolute atomic E-state index is 0.00124. The van der Waals surface area contributed by atoms with Crippen molar-refractivity contribution in [1.82, 2.24) is 15.2 Å². The van der Waals surface area contributed by atoms with Gasteiger partial charge in [-0.3, -0.25) is 0 Å². The van der Waals surface area contributed by atoms with E-state index in [4.69, 9.17) is 17.3 Å². The zero-order chi connectivity index (χ0) is 23.0. The Morgan fingerprint density at radius 3 is 2.39 bits per heavy atom. The molecule has 0 saturated carbocycles. The Hall–Kier alpha value is -2.79. The van der Waals surface area contributed by atoms with Crippen molar-refractivity contribution in [1.29, 1.82) is 0 Å². The number of hydrogen-bond donors (Lipinski definition) is 3. The number of alkyl halides is 3. The summed E-state index contributed by atoms with van der Waals surface area (Å²) in [5.41, 5.74) is 5.28. The first-order valence-corrected chi connectivity index (χ1v) is 11.4. The number of sulfone groups is 1. The monoisotopic (exact) mass is 473 g/mol. The molecule has 1 heterocycles. The Morgan fingerprint density at radius 1 is 1.23 bits per heavy atom. The van der Waals surface area contributed by atoms with E-state index in [1.807, 2.05) is 0 Å². The average Bonchev–Trinajstić information content (AvgIpc) is 3.04. The standard InChI is InChI=1S/C19H19ClF3N5O2S/c1-10(9-31(2,29)30)11-3-5-12(6-4-11)16-14(19(21,22)23)7-13(8-15(16)20)25-18-26-17(24)27-28-18/h3-8,10H,9H2,1-2H3,(H4,24,25,26,27,28)/t10-/m1/s1. The Morgan fingerprint density at radius 2 is 1.87 bits per heavy atom. The van der Waals surface area contributed by atoms with Crippen LogP contribution in [0.4, 0.5) is 30.8 Å². The van der Waals surface area contributed by atoms with E-state index in [-0.39, 0.29) is 45.4 Å². The maximum Gasteiger partial charge on any atom is 0.417 e. The van der Waals surface area contributed by atoms with Gasteiger partial charge in [0.1, 0.15) is 9.84 Å². The van der Waals surface area contributed by atoms with Crippen LogP contribution in [-0.4, -0.2) is 35.6 Å². The molecule has 12 heteroatoms. The van der Waals surface area contributed by atoms with Crippen molar-refractivity contribution >= 4 is 39.0 Å². The molecular weight excluding hydrogens is 455 g/mol. The Bertz CT molecular complexity index is 1190. The smallest absolute Gasteiger partial charge is 0.368 e. The third kappa shape index (κ3) is 5.67. The van der Waals surface area contributed by atoms with Gasteiger partial charge in [0.25, 0.3) is 0 Å². The summed E-state index contributed by atoms with van der Waals surface area (Å²) in [6, 6.07) is 8.43. The molecule has 2 aromatic carbocycles. The highest BCUT2D eigenvalue weighted by Crippen LogP contribution is 2.43. The second kappa shape index (κ2) is 8.39. The summed E-state index contributed by atoms with van der Waals surface area (Å²) in [5, 5.41) is 8.60. The summed E-state index contributed by atoms with van der Waals surface area (Å²) in [6.07, 6.45) is -3.55. The molecule has 0 radical (unpaired) electrons. The lowest BCUT2D eigenvalue weighted by Crippen LogP contribution is -2.11. The topological polar surface area (TPSA) is 114 Å². The van der Waals surface area contributed by atoms with Crippen molar-refractivity contribution < 1.29 is 21.6 Å². The molecule has 3 aromatic rings. The van der Waals surface area contributed by atoms with E-state index < -0.39 is 21.6 Å². The molecule has 0 aliphatic carbocycles. The molecule has 0 amide bonds. The van der Waals surface area contributed by atoms with Crippen LogP contribution in [0.25, 0.3) is 11.1 Å². The van der Waals surface area contributed by atoms with E-state index in [0.29, 0.717) is 5.56 Å². The quantitative estimate of drug-likeness (QED) is 0.481. The van der Waals surface area contributed by atoms with Crippen LogP contribution in [0.2, 0.25) is 5.02 Å². The van der Waals surface area contributed by atoms with Crippen LogP contribution in [0.1, 0.15) is 24.0 Å². The van der Waals surface area contributed by atoms with Gasteiger partial charge in [0.05, 0.1) is 16.3 Å². The molecular formula is C19H19ClF3N5O2S. The van der Waals surface area contributed by atoms with E-state index in [1.54, 1.807) is 19.1 Å². The molecule has 0 saturated heterocycles. The minimum atomic E-state index is -4.68. The number of nitrogens with one attached hydrogen (secondary N) is 2. The van der Waals surface area contributed by atoms with E-state index in [9.17, 15) is 21.6 Å². The van der Waals surface area contributed by atoms with Gasteiger partial charge in [-0.1, -0.05) is 42.8 Å². The third-order valence-electron chi connectivity index (χ3n) is 4.48. The van der Waals surface area contributed by atoms with Gasteiger partial charge in [-0.15, -0.1) is 5.10 Å². The second-order valence-electron chi connectivity index (χ2n) is 7.16. The van der Waals surface area contributed by atoms with Crippen molar-refractivity contribution in [3.8, 4) is 11.1 Å². The molecule has 0 aliphatic heterocycles. The van der Waals surface area contributed by atoms with Gasteiger partial charge in [0.15, 0.2) is 0 Å². The molecule has 7 nitrogen and oxygen atoms in total. The molecule has 3 rings (SSSR count). The van der Waals surface area contributed by atoms with Gasteiger partial charge in [-0.2, -0.15) is 18.2 Å². The van der Waals surface area contributed by atoms with Crippen molar-refractivity contribution in [2.75, 3.05) is 23.1 Å². The lowest BCUT2D eigenvalue weighted by Gasteiger charge is -2.18. The first kappa shape index (κ1) is 22.9. The molecule has 0 fully saturated rings. The molecule has 0 spiro atoms. The predicted octanol–water partition coefficient (Wildman–Crippen LogP) is 4.62. The van der Waals surface area contributed by atoms with Crippen LogP contribution in [-0.2, 0) is 16.0 Å². The first-order chi connectivity index (χ1) is 14.3. The average molecular weight is 474 g/mol. The summed E-state index contributed by atoms with van der Waals surface area (Å²) in [4.78, 5) is 3.79. The van der Waals surface area contributed by atoms with E-state index in [1.165, 1.54) is 18.2 Å². The van der Waals surface area contributed by atoms with Crippen LogP contribution < -0.4 is 11.1 Å². The van der Waals surface area contributed by atoms with Crippen molar-refractivity contribution in [2.45, 2.75) is 19.0 Å². The second-order valence-corrected chi connectivity index (χ2v) is 9.76. The molecule has 0 unspecified atom stereocenters. The maximum atomic E-state index is 13.8. The summed E-state index contributed by atoms with van der Waals surface area (Å²) < 4.78 is 64.5. The Kier molecular flexibility index (Phi) is 6.19. The lowest BCUT2D eigenvalue weighted by atomic mass is 9.95. The fourth-order valence-corrected chi connectivity index (χ4v) is 4.61. The predicted molar refractivity (Wildman–Crippen MR) is 114 cm³/mol. The molecule has 4 N–H and O–H groups in total. The van der Waals surface area contributed by atoms with Gasteiger partial charge < -0.3 is 11.1 Å². The normalized spacial score (nSPS) is 13.2. The minimum Gasteiger partial charge on any atom is -0.368 e. The molecule has 0 bridgehead atoms. The van der Waals surface area contributed by atoms with Crippen LogP contribution in [0.3, 0.4) is 0 Å². The van der Waals surface area contributed by atoms with Crippen LogP contribution in [0, 0.1) is 0 Å². The molecule has 166 valence electrons. The van der Waals surface area contributed by atoms with E-state index >= 15 is 0 Å². The van der Waals surface area contributed by atoms with Crippen LogP contribution in [0.15, 0.2) is 36.4 Å². The number of benzene rings is 2. The number of aromatic nitrogens is 3. The van der Waals surface area contributed by atoms with Crippen molar-refractivity contribution in [3.63, 3.8) is 0 Å². The molecule has 0 aliphatic rings. The van der Waals surface area contributed by atoms with Crippen molar-refractivity contribution in [3.05, 3.63) is 52.5 Å². The number of nitrogens with zero attached hydrogens (tertiary/aromatic N) is 2. The summed E-state index contributed by atoms with van der Waals surface area (Å²) in [6.45, 7) is 1.74. The van der Waals surface area contributed by atoms with Gasteiger partial charge in [-0.25, -0.2) is 13.5 Å². The van der Waals surface area contributed by atoms with Gasteiger partial charge >= 0.3 is 6.18 Å². The number of nitrogen functional groups attached to an aromatic ring is 1. The molecule has 1 atom stereocenters. The number of nitrogens with two attached hydrogens (primary N) is 1. The zero-order valence-corrected chi connectivity index (χ0v) is 18.0. The lowest BCUT2D eigenvalue weighted by molar-refractivity contribution is -0.137. The number of aromatic amines is 1. The number of rotatable bonds is 6.